The number of thioether (sulfide) groups is 1. The van der Waals surface area contributed by atoms with E-state index in [0.29, 0.717) is 38.9 Å². The summed E-state index contributed by atoms with van der Waals surface area (Å²) in [5.41, 5.74) is 1.09. The fraction of sp³-hybridized carbons (Fsp3) is 0.292. The zero-order valence-electron chi connectivity index (χ0n) is 18.1. The minimum Gasteiger partial charge on any atom is -0.486 e. The summed E-state index contributed by atoms with van der Waals surface area (Å²) in [6.07, 6.45) is 4.58. The number of rotatable bonds is 6. The summed E-state index contributed by atoms with van der Waals surface area (Å²) < 4.78 is 20.9. The number of hydrogen-bond donors (Lipinski definition) is 0. The van der Waals surface area contributed by atoms with Crippen molar-refractivity contribution in [3.8, 4) is 5.75 Å². The number of piperidine rings is 1. The first-order valence-electron chi connectivity index (χ1n) is 10.7. The molecule has 0 aromatic heterocycles. The first-order chi connectivity index (χ1) is 16.3. The average molecular weight is 612 g/mol. The maximum absolute atomic E-state index is 13.9. The second kappa shape index (κ2) is 11.0. The largest absolute Gasteiger partial charge is 0.486 e. The maximum atomic E-state index is 13.9. The summed E-state index contributed by atoms with van der Waals surface area (Å²) in [6, 6.07) is 9.87. The number of amides is 3. The molecule has 0 spiro atoms. The van der Waals surface area contributed by atoms with Crippen LogP contribution in [-0.2, 0) is 16.2 Å². The number of ether oxygens (including phenoxy) is 1. The first-order valence-corrected chi connectivity index (χ1v) is 13.1. The van der Waals surface area contributed by atoms with E-state index in [1.165, 1.54) is 6.07 Å². The Balaban J connectivity index is 1.46. The Kier molecular flexibility index (Phi) is 8.10. The highest BCUT2D eigenvalue weighted by molar-refractivity contribution is 9.11. The lowest BCUT2D eigenvalue weighted by atomic mass is 10.1. The third kappa shape index (κ3) is 5.72. The molecule has 10 heteroatoms. The van der Waals surface area contributed by atoms with Gasteiger partial charge in [0, 0.05) is 18.7 Å². The van der Waals surface area contributed by atoms with E-state index < -0.39 is 11.1 Å². The van der Waals surface area contributed by atoms with Gasteiger partial charge < -0.3 is 9.64 Å². The van der Waals surface area contributed by atoms with Gasteiger partial charge in [-0.2, -0.15) is 0 Å². The molecule has 0 aliphatic carbocycles. The van der Waals surface area contributed by atoms with Gasteiger partial charge in [-0.1, -0.05) is 18.2 Å². The summed E-state index contributed by atoms with van der Waals surface area (Å²) in [5.74, 6) is -0.543. The van der Waals surface area contributed by atoms with Gasteiger partial charge in [0.1, 0.15) is 24.7 Å². The van der Waals surface area contributed by atoms with Gasteiger partial charge in [-0.15, -0.1) is 0 Å². The van der Waals surface area contributed by atoms with Crippen molar-refractivity contribution in [2.75, 3.05) is 19.6 Å². The Labute approximate surface area is 217 Å². The predicted octanol–water partition coefficient (Wildman–Crippen LogP) is 5.98. The van der Waals surface area contributed by atoms with E-state index in [-0.39, 0.29) is 29.8 Å². The van der Waals surface area contributed by atoms with Crippen molar-refractivity contribution in [2.45, 2.75) is 25.9 Å². The van der Waals surface area contributed by atoms with Gasteiger partial charge in [0.2, 0.25) is 5.91 Å². The molecule has 178 valence electrons. The molecule has 2 aliphatic rings. The Bertz CT molecular complexity index is 1140. The fourth-order valence-electron chi connectivity index (χ4n) is 3.73. The fourth-order valence-corrected chi connectivity index (χ4v) is 6.02. The van der Waals surface area contributed by atoms with Crippen LogP contribution in [0.2, 0.25) is 0 Å². The molecule has 2 aliphatic heterocycles. The molecule has 6 nitrogen and oxygen atoms in total. The van der Waals surface area contributed by atoms with Gasteiger partial charge in [-0.3, -0.25) is 19.3 Å². The number of benzene rings is 2. The first kappa shape index (κ1) is 24.9. The van der Waals surface area contributed by atoms with Crippen molar-refractivity contribution in [3.63, 3.8) is 0 Å². The molecular formula is C24H21Br2FN2O4S. The molecule has 0 radical (unpaired) electrons. The van der Waals surface area contributed by atoms with Gasteiger partial charge in [-0.05, 0) is 92.7 Å². The van der Waals surface area contributed by atoms with Gasteiger partial charge in [-0.25, -0.2) is 4.39 Å². The lowest BCUT2D eigenvalue weighted by Crippen LogP contribution is -2.44. The minimum absolute atomic E-state index is 0.0488. The lowest BCUT2D eigenvalue weighted by molar-refractivity contribution is -0.136. The van der Waals surface area contributed by atoms with Crippen LogP contribution >= 0.6 is 43.6 Å². The highest BCUT2D eigenvalue weighted by Gasteiger charge is 2.37. The van der Waals surface area contributed by atoms with Gasteiger partial charge in [0.25, 0.3) is 11.1 Å². The molecule has 0 saturated carbocycles. The summed E-state index contributed by atoms with van der Waals surface area (Å²) in [6.45, 7) is 1.14. The number of hydrogen-bond acceptors (Lipinski definition) is 5. The van der Waals surface area contributed by atoms with E-state index in [1.54, 1.807) is 41.3 Å². The summed E-state index contributed by atoms with van der Waals surface area (Å²) >= 11 is 7.73. The number of halogens is 3. The lowest BCUT2D eigenvalue weighted by Gasteiger charge is -2.27. The predicted molar refractivity (Wildman–Crippen MR) is 136 cm³/mol. The van der Waals surface area contributed by atoms with Crippen LogP contribution in [0.15, 0.2) is 50.2 Å². The molecule has 2 aromatic rings. The second-order valence-corrected chi connectivity index (χ2v) is 10.6. The number of carbonyl (C=O) groups is 3. The molecule has 3 amide bonds. The number of nitrogens with zero attached hydrogens (tertiary/aromatic N) is 2. The minimum atomic E-state index is -0.479. The Morgan fingerprint density at radius 1 is 1.09 bits per heavy atom. The number of likely N-dealkylation sites (tertiary alicyclic amines) is 1. The van der Waals surface area contributed by atoms with Gasteiger partial charge in [0.05, 0.1) is 13.9 Å². The van der Waals surface area contributed by atoms with E-state index in [9.17, 15) is 18.8 Å². The van der Waals surface area contributed by atoms with Gasteiger partial charge >= 0.3 is 0 Å². The van der Waals surface area contributed by atoms with Crippen LogP contribution in [0.3, 0.4) is 0 Å². The van der Waals surface area contributed by atoms with E-state index in [4.69, 9.17) is 4.74 Å². The van der Waals surface area contributed by atoms with E-state index in [0.717, 1.165) is 35.9 Å². The highest BCUT2D eigenvalue weighted by Crippen LogP contribution is 2.38. The van der Waals surface area contributed by atoms with E-state index >= 15 is 0 Å². The molecule has 2 fully saturated rings. The Morgan fingerprint density at radius 3 is 2.44 bits per heavy atom. The SMILES string of the molecule is O=C(CN1C(=O)S/C(=C/c2cc(Br)c(OCc3ccccc3F)c(Br)c2)C1=O)N1CCCCC1. The standard InChI is InChI=1S/C24H21Br2FN2O4S/c25-17-10-15(11-18(26)22(17)33-14-16-6-2-3-7-19(16)27)12-20-23(31)29(24(32)34-20)13-21(30)28-8-4-1-5-9-28/h2-3,6-7,10-12H,1,4-5,8-9,13-14H2/b20-12+. The second-order valence-electron chi connectivity index (χ2n) is 7.90. The number of carbonyl (C=O) groups excluding carboxylic acids is 3. The van der Waals surface area contributed by atoms with Crippen molar-refractivity contribution in [2.24, 2.45) is 0 Å². The Morgan fingerprint density at radius 2 is 1.76 bits per heavy atom. The molecule has 2 saturated heterocycles. The molecule has 4 rings (SSSR count). The van der Waals surface area contributed by atoms with Crippen molar-refractivity contribution in [1.82, 2.24) is 9.80 Å². The van der Waals surface area contributed by atoms with Crippen molar-refractivity contribution in [3.05, 3.63) is 67.2 Å². The van der Waals surface area contributed by atoms with Crippen LogP contribution in [0.4, 0.5) is 9.18 Å². The topological polar surface area (TPSA) is 66.9 Å². The zero-order valence-corrected chi connectivity index (χ0v) is 22.0. The van der Waals surface area contributed by atoms with E-state index in [1.807, 2.05) is 0 Å². The molecule has 34 heavy (non-hydrogen) atoms. The molecule has 0 N–H and O–H groups in total. The van der Waals surface area contributed by atoms with Crippen LogP contribution < -0.4 is 4.74 Å². The van der Waals surface area contributed by atoms with Crippen LogP contribution in [0.25, 0.3) is 6.08 Å². The van der Waals surface area contributed by atoms with Crippen LogP contribution in [0.1, 0.15) is 30.4 Å². The average Bonchev–Trinajstić information content (AvgIpc) is 3.07. The van der Waals surface area contributed by atoms with E-state index in [2.05, 4.69) is 31.9 Å². The third-order valence-electron chi connectivity index (χ3n) is 5.52. The van der Waals surface area contributed by atoms with Crippen molar-refractivity contribution < 1.29 is 23.5 Å². The van der Waals surface area contributed by atoms with Crippen molar-refractivity contribution in [1.29, 1.82) is 0 Å². The Hall–Kier alpha value is -2.17. The molecule has 0 atom stereocenters. The molecule has 0 unspecified atom stereocenters. The summed E-state index contributed by atoms with van der Waals surface area (Å²) in [5, 5.41) is -0.454. The molecule has 0 bridgehead atoms. The molecule has 2 heterocycles. The quantitative estimate of drug-likeness (QED) is 0.376. The summed E-state index contributed by atoms with van der Waals surface area (Å²) in [7, 11) is 0. The number of imide groups is 1. The summed E-state index contributed by atoms with van der Waals surface area (Å²) in [4.78, 5) is 40.7. The molecule has 2 aromatic carbocycles. The monoisotopic (exact) mass is 610 g/mol. The smallest absolute Gasteiger partial charge is 0.294 e. The van der Waals surface area contributed by atoms with Crippen molar-refractivity contribution >= 4 is 66.8 Å². The zero-order chi connectivity index (χ0) is 24.2. The van der Waals surface area contributed by atoms with Crippen LogP contribution in [-0.4, -0.2) is 46.5 Å². The van der Waals surface area contributed by atoms with Crippen LogP contribution in [0, 0.1) is 5.82 Å². The maximum Gasteiger partial charge on any atom is 0.294 e. The highest BCUT2D eigenvalue weighted by atomic mass is 79.9. The van der Waals surface area contributed by atoms with Crippen LogP contribution in [0.5, 0.6) is 5.75 Å². The normalized spacial score (nSPS) is 17.6. The molecular weight excluding hydrogens is 591 g/mol. The van der Waals surface area contributed by atoms with Gasteiger partial charge in [0.15, 0.2) is 0 Å². The third-order valence-corrected chi connectivity index (χ3v) is 7.61.